The summed E-state index contributed by atoms with van der Waals surface area (Å²) in [6.07, 6.45) is 6.35. The lowest BCUT2D eigenvalue weighted by Crippen LogP contribution is -2.35. The largest absolute Gasteiger partial charge is 0.490 e. The first-order valence-electron chi connectivity index (χ1n) is 8.49. The first-order chi connectivity index (χ1) is 11.3. The van der Waals surface area contributed by atoms with Crippen LogP contribution in [0.2, 0.25) is 0 Å². The molecule has 0 aliphatic carbocycles. The van der Waals surface area contributed by atoms with Crippen molar-refractivity contribution in [2.24, 2.45) is 11.3 Å². The van der Waals surface area contributed by atoms with E-state index >= 15 is 0 Å². The Bertz CT molecular complexity index is 543. The number of allylic oxidation sites excluding steroid dienone is 1. The van der Waals surface area contributed by atoms with Gasteiger partial charge in [0.15, 0.2) is 0 Å². The first kappa shape index (κ1) is 20.0. The van der Waals surface area contributed by atoms with Crippen molar-refractivity contribution in [2.45, 2.75) is 52.6 Å². The zero-order valence-corrected chi connectivity index (χ0v) is 15.1. The second-order valence-corrected chi connectivity index (χ2v) is 7.07. The van der Waals surface area contributed by atoms with Gasteiger partial charge in [0.2, 0.25) is 0 Å². The van der Waals surface area contributed by atoms with E-state index in [1.54, 1.807) is 0 Å². The smallest absolute Gasteiger partial charge is 0.303 e. The maximum absolute atomic E-state index is 10.6. The molecule has 3 heteroatoms. The number of carbonyl (C=O) groups is 1. The van der Waals surface area contributed by atoms with Crippen LogP contribution < -0.4 is 4.74 Å². The Balaban J connectivity index is 2.78. The van der Waals surface area contributed by atoms with Gasteiger partial charge in [0.25, 0.3) is 0 Å². The monoisotopic (exact) mass is 330 g/mol. The lowest BCUT2D eigenvalue weighted by Gasteiger charge is -2.35. The minimum Gasteiger partial charge on any atom is -0.490 e. The Morgan fingerprint density at radius 2 is 1.92 bits per heavy atom. The number of hydrogen-bond acceptors (Lipinski definition) is 2. The molecular formula is C21H30O3. The number of benzene rings is 1. The summed E-state index contributed by atoms with van der Waals surface area (Å²) < 4.78 is 6.22. The average Bonchev–Trinajstić information content (AvgIpc) is 2.53. The number of aryl methyl sites for hydroxylation is 1. The van der Waals surface area contributed by atoms with Crippen molar-refractivity contribution in [3.8, 4) is 5.75 Å². The van der Waals surface area contributed by atoms with Gasteiger partial charge in [-0.2, -0.15) is 0 Å². The van der Waals surface area contributed by atoms with Gasteiger partial charge < -0.3 is 9.84 Å². The Hall–Kier alpha value is -2.03. The summed E-state index contributed by atoms with van der Waals surface area (Å²) in [5, 5.41) is 8.75. The van der Waals surface area contributed by atoms with Crippen LogP contribution in [-0.2, 0) is 11.2 Å². The van der Waals surface area contributed by atoms with Crippen molar-refractivity contribution >= 4 is 5.97 Å². The minimum absolute atomic E-state index is 0.0101. The molecule has 1 N–H and O–H groups in total. The molecule has 0 saturated carbocycles. The lowest BCUT2D eigenvalue weighted by molar-refractivity contribution is -0.136. The van der Waals surface area contributed by atoms with E-state index in [2.05, 4.69) is 33.9 Å². The van der Waals surface area contributed by atoms with E-state index in [9.17, 15) is 4.79 Å². The SMILES string of the molecule is C=CCC(Oc1ccc(CCC(=O)O)cc1)C(C)(C)CC(C)C=C. The minimum atomic E-state index is -0.778. The molecule has 0 bridgehead atoms. The van der Waals surface area contributed by atoms with Crippen LogP contribution in [0.4, 0.5) is 0 Å². The fourth-order valence-electron chi connectivity index (χ4n) is 2.87. The van der Waals surface area contributed by atoms with E-state index in [1.165, 1.54) is 0 Å². The third-order valence-electron chi connectivity index (χ3n) is 4.33. The Labute approximate surface area is 146 Å². The van der Waals surface area contributed by atoms with Crippen LogP contribution in [-0.4, -0.2) is 17.2 Å². The molecule has 132 valence electrons. The number of carboxylic acid groups (broad SMARTS) is 1. The molecule has 0 amide bonds. The third kappa shape index (κ3) is 6.61. The fraction of sp³-hybridized carbons (Fsp3) is 0.476. The summed E-state index contributed by atoms with van der Waals surface area (Å²) in [6.45, 7) is 14.3. The molecule has 1 rings (SSSR count). The topological polar surface area (TPSA) is 46.5 Å². The molecule has 3 nitrogen and oxygen atoms in total. The number of hydrogen-bond donors (Lipinski definition) is 1. The van der Waals surface area contributed by atoms with Crippen LogP contribution in [0, 0.1) is 11.3 Å². The van der Waals surface area contributed by atoms with E-state index in [0.717, 1.165) is 24.2 Å². The highest BCUT2D eigenvalue weighted by atomic mass is 16.5. The van der Waals surface area contributed by atoms with Crippen LogP contribution in [0.1, 0.15) is 45.6 Å². The Kier molecular flexibility index (Phi) is 7.76. The van der Waals surface area contributed by atoms with Crippen LogP contribution in [0.3, 0.4) is 0 Å². The van der Waals surface area contributed by atoms with Gasteiger partial charge in [-0.05, 0) is 36.5 Å². The highest BCUT2D eigenvalue weighted by Crippen LogP contribution is 2.34. The van der Waals surface area contributed by atoms with Crippen LogP contribution in [0.25, 0.3) is 0 Å². The summed E-state index contributed by atoms with van der Waals surface area (Å²) in [4.78, 5) is 10.6. The number of carboxylic acids is 1. The molecule has 0 saturated heterocycles. The van der Waals surface area contributed by atoms with Crippen molar-refractivity contribution in [2.75, 3.05) is 0 Å². The lowest BCUT2D eigenvalue weighted by atomic mass is 9.77. The molecule has 24 heavy (non-hydrogen) atoms. The van der Waals surface area contributed by atoms with Crippen LogP contribution >= 0.6 is 0 Å². The van der Waals surface area contributed by atoms with Crippen molar-refractivity contribution in [1.82, 2.24) is 0 Å². The van der Waals surface area contributed by atoms with Gasteiger partial charge in [0.1, 0.15) is 11.9 Å². The molecule has 1 aromatic carbocycles. The van der Waals surface area contributed by atoms with E-state index < -0.39 is 5.97 Å². The van der Waals surface area contributed by atoms with E-state index in [0.29, 0.717) is 12.3 Å². The summed E-state index contributed by atoms with van der Waals surface area (Å²) in [5.74, 6) is 0.453. The molecule has 0 aliphatic rings. The maximum atomic E-state index is 10.6. The summed E-state index contributed by atoms with van der Waals surface area (Å²) in [5.41, 5.74) is 0.994. The highest BCUT2D eigenvalue weighted by molar-refractivity contribution is 5.67. The second kappa shape index (κ2) is 9.31. The van der Waals surface area contributed by atoms with Crippen molar-refractivity contribution in [3.05, 3.63) is 55.1 Å². The van der Waals surface area contributed by atoms with Gasteiger partial charge in [-0.3, -0.25) is 4.79 Å². The van der Waals surface area contributed by atoms with Crippen molar-refractivity contribution < 1.29 is 14.6 Å². The normalized spacial score (nSPS) is 13.8. The molecule has 0 aromatic heterocycles. The van der Waals surface area contributed by atoms with E-state index in [-0.39, 0.29) is 17.9 Å². The Morgan fingerprint density at radius 1 is 1.29 bits per heavy atom. The summed E-state index contributed by atoms with van der Waals surface area (Å²) >= 11 is 0. The molecule has 0 heterocycles. The van der Waals surface area contributed by atoms with Gasteiger partial charge in [-0.1, -0.05) is 45.1 Å². The van der Waals surface area contributed by atoms with Gasteiger partial charge in [0.05, 0.1) is 0 Å². The average molecular weight is 330 g/mol. The molecule has 0 fully saturated rings. The zero-order valence-electron chi connectivity index (χ0n) is 15.1. The summed E-state index contributed by atoms with van der Waals surface area (Å²) in [7, 11) is 0. The molecule has 0 aliphatic heterocycles. The van der Waals surface area contributed by atoms with Crippen LogP contribution in [0.15, 0.2) is 49.6 Å². The van der Waals surface area contributed by atoms with Crippen molar-refractivity contribution in [1.29, 1.82) is 0 Å². The number of rotatable bonds is 11. The van der Waals surface area contributed by atoms with Gasteiger partial charge in [-0.25, -0.2) is 0 Å². The van der Waals surface area contributed by atoms with E-state index in [1.807, 2.05) is 36.4 Å². The Morgan fingerprint density at radius 3 is 2.42 bits per heavy atom. The van der Waals surface area contributed by atoms with Gasteiger partial charge in [-0.15, -0.1) is 13.2 Å². The predicted octanol–water partition coefficient (Wildman–Crippen LogP) is 5.27. The molecule has 2 unspecified atom stereocenters. The molecule has 0 radical (unpaired) electrons. The first-order valence-corrected chi connectivity index (χ1v) is 8.49. The maximum Gasteiger partial charge on any atom is 0.303 e. The van der Waals surface area contributed by atoms with Crippen LogP contribution in [0.5, 0.6) is 5.75 Å². The fourth-order valence-corrected chi connectivity index (χ4v) is 2.87. The molecule has 0 spiro atoms. The quantitative estimate of drug-likeness (QED) is 0.563. The van der Waals surface area contributed by atoms with Gasteiger partial charge in [0, 0.05) is 18.3 Å². The third-order valence-corrected chi connectivity index (χ3v) is 4.33. The zero-order chi connectivity index (χ0) is 18.2. The summed E-state index contributed by atoms with van der Waals surface area (Å²) in [6, 6.07) is 7.70. The molecular weight excluding hydrogens is 300 g/mol. The number of aliphatic carboxylic acids is 1. The number of ether oxygens (including phenoxy) is 1. The standard InChI is InChI=1S/C21H30O3/c1-6-8-19(21(4,5)15-16(3)7-2)24-18-12-9-17(10-13-18)11-14-20(22)23/h6-7,9-10,12-13,16,19H,1-2,8,11,14-15H2,3-5H3,(H,22,23). The van der Waals surface area contributed by atoms with Gasteiger partial charge >= 0.3 is 5.97 Å². The molecule has 2 atom stereocenters. The highest BCUT2D eigenvalue weighted by Gasteiger charge is 2.31. The predicted molar refractivity (Wildman–Crippen MR) is 99.4 cm³/mol. The molecule has 1 aromatic rings. The second-order valence-electron chi connectivity index (χ2n) is 7.07. The van der Waals surface area contributed by atoms with E-state index in [4.69, 9.17) is 9.84 Å². The van der Waals surface area contributed by atoms with Crippen molar-refractivity contribution in [3.63, 3.8) is 0 Å².